The molecule has 2 amide bonds. The number of ether oxygens (including phenoxy) is 1. The fraction of sp³-hybridized carbons (Fsp3) is 0.500. The van der Waals surface area contributed by atoms with Gasteiger partial charge in [0, 0.05) is 14.2 Å². The highest BCUT2D eigenvalue weighted by molar-refractivity contribution is 7.89. The lowest BCUT2D eigenvalue weighted by atomic mass is 10.1. The van der Waals surface area contributed by atoms with E-state index in [1.54, 1.807) is 26.3 Å². The molecule has 0 spiro atoms. The molecule has 0 aliphatic carbocycles. The topological polar surface area (TPSA) is 102 Å². The number of hydrogen-bond donors (Lipinski definition) is 2. The van der Waals surface area contributed by atoms with Crippen LogP contribution in [-0.4, -0.2) is 46.2 Å². The third-order valence-corrected chi connectivity index (χ3v) is 4.31. The van der Waals surface area contributed by atoms with Crippen LogP contribution >= 0.6 is 0 Å². The van der Waals surface area contributed by atoms with E-state index in [2.05, 4.69) is 5.32 Å². The van der Waals surface area contributed by atoms with E-state index in [0.717, 1.165) is 5.56 Å². The second-order valence-corrected chi connectivity index (χ2v) is 6.77. The Balaban J connectivity index is 2.78. The van der Waals surface area contributed by atoms with Gasteiger partial charge in [-0.1, -0.05) is 12.1 Å². The van der Waals surface area contributed by atoms with Crippen molar-refractivity contribution in [2.24, 2.45) is 5.14 Å². The molecule has 0 heterocycles. The van der Waals surface area contributed by atoms with E-state index < -0.39 is 10.0 Å². The second kappa shape index (κ2) is 7.57. The summed E-state index contributed by atoms with van der Waals surface area (Å²) in [6.45, 7) is 4.13. The van der Waals surface area contributed by atoms with Crippen molar-refractivity contribution >= 4 is 16.1 Å². The van der Waals surface area contributed by atoms with Crippen molar-refractivity contribution < 1.29 is 17.9 Å². The number of urea groups is 1. The van der Waals surface area contributed by atoms with Gasteiger partial charge in [0.2, 0.25) is 10.0 Å². The number of nitrogens with one attached hydrogen (secondary N) is 1. The Hall–Kier alpha value is -1.64. The Bertz CT molecular complexity index is 601. The highest BCUT2D eigenvalue weighted by atomic mass is 32.2. The van der Waals surface area contributed by atoms with Gasteiger partial charge in [-0.05, 0) is 31.5 Å². The molecule has 0 radical (unpaired) electrons. The molecule has 2 atom stereocenters. The van der Waals surface area contributed by atoms with Gasteiger partial charge in [-0.3, -0.25) is 0 Å². The molecule has 0 saturated heterocycles. The number of amides is 2. The van der Waals surface area contributed by atoms with Crippen LogP contribution in [0, 0.1) is 0 Å². The Morgan fingerprint density at radius 1 is 1.32 bits per heavy atom. The Labute approximate surface area is 131 Å². The number of sulfonamides is 1. The lowest BCUT2D eigenvalue weighted by molar-refractivity contribution is 0.158. The number of benzene rings is 1. The number of carbonyl (C=O) groups excluding carboxylic acids is 1. The molecule has 22 heavy (non-hydrogen) atoms. The summed E-state index contributed by atoms with van der Waals surface area (Å²) in [7, 11) is -0.466. The van der Waals surface area contributed by atoms with Crippen LogP contribution < -0.4 is 10.5 Å². The van der Waals surface area contributed by atoms with Crippen LogP contribution in [0.25, 0.3) is 0 Å². The first-order valence-electron chi connectivity index (χ1n) is 6.81. The SMILES string of the molecule is COC[C@H](C)NC(=O)N(C)[C@H](C)c1ccc(S(N)(=O)=O)cc1. The molecule has 0 fully saturated rings. The lowest BCUT2D eigenvalue weighted by Crippen LogP contribution is -2.44. The minimum absolute atomic E-state index is 0.0456. The van der Waals surface area contributed by atoms with Crippen LogP contribution in [-0.2, 0) is 14.8 Å². The fourth-order valence-electron chi connectivity index (χ4n) is 1.94. The van der Waals surface area contributed by atoms with Crippen molar-refractivity contribution in [1.29, 1.82) is 0 Å². The molecule has 0 aliphatic heterocycles. The molecule has 1 aromatic rings. The molecular formula is C14H23N3O4S. The predicted octanol–water partition coefficient (Wildman–Crippen LogP) is 1.07. The quantitative estimate of drug-likeness (QED) is 0.815. The Morgan fingerprint density at radius 2 is 1.86 bits per heavy atom. The van der Waals surface area contributed by atoms with E-state index in [1.165, 1.54) is 17.0 Å². The third kappa shape index (κ3) is 4.97. The van der Waals surface area contributed by atoms with Crippen LogP contribution in [0.15, 0.2) is 29.2 Å². The molecule has 8 heteroatoms. The first kappa shape index (κ1) is 18.4. The van der Waals surface area contributed by atoms with Crippen LogP contribution in [0.5, 0.6) is 0 Å². The summed E-state index contributed by atoms with van der Waals surface area (Å²) < 4.78 is 27.4. The highest BCUT2D eigenvalue weighted by Crippen LogP contribution is 2.20. The van der Waals surface area contributed by atoms with Gasteiger partial charge in [-0.25, -0.2) is 18.4 Å². The van der Waals surface area contributed by atoms with E-state index in [-0.39, 0.29) is 23.0 Å². The van der Waals surface area contributed by atoms with E-state index in [0.29, 0.717) is 6.61 Å². The third-order valence-electron chi connectivity index (χ3n) is 3.38. The van der Waals surface area contributed by atoms with Crippen molar-refractivity contribution in [3.8, 4) is 0 Å². The van der Waals surface area contributed by atoms with E-state index in [1.807, 2.05) is 13.8 Å². The number of carbonyl (C=O) groups is 1. The number of primary sulfonamides is 1. The monoisotopic (exact) mass is 329 g/mol. The van der Waals surface area contributed by atoms with Crippen LogP contribution in [0.4, 0.5) is 4.79 Å². The number of rotatable bonds is 6. The molecule has 0 saturated carbocycles. The highest BCUT2D eigenvalue weighted by Gasteiger charge is 2.19. The fourth-order valence-corrected chi connectivity index (χ4v) is 2.46. The normalized spacial score (nSPS) is 14.2. The second-order valence-electron chi connectivity index (χ2n) is 5.21. The van der Waals surface area contributed by atoms with E-state index in [9.17, 15) is 13.2 Å². The van der Waals surface area contributed by atoms with Crippen LogP contribution in [0.3, 0.4) is 0 Å². The van der Waals surface area contributed by atoms with Gasteiger partial charge >= 0.3 is 6.03 Å². The zero-order chi connectivity index (χ0) is 16.9. The molecule has 1 rings (SSSR count). The number of methoxy groups -OCH3 is 1. The first-order valence-corrected chi connectivity index (χ1v) is 8.36. The summed E-state index contributed by atoms with van der Waals surface area (Å²) in [6, 6.07) is 5.61. The number of nitrogens with zero attached hydrogens (tertiary/aromatic N) is 1. The average molecular weight is 329 g/mol. The maximum atomic E-state index is 12.1. The number of nitrogens with two attached hydrogens (primary N) is 1. The van der Waals surface area contributed by atoms with Gasteiger partial charge in [-0.15, -0.1) is 0 Å². The smallest absolute Gasteiger partial charge is 0.317 e. The Morgan fingerprint density at radius 3 is 2.32 bits per heavy atom. The minimum atomic E-state index is -3.71. The van der Waals surface area contributed by atoms with Crippen molar-refractivity contribution in [1.82, 2.24) is 10.2 Å². The molecule has 3 N–H and O–H groups in total. The van der Waals surface area contributed by atoms with Gasteiger partial charge in [-0.2, -0.15) is 0 Å². The van der Waals surface area contributed by atoms with Crippen molar-refractivity contribution in [2.75, 3.05) is 20.8 Å². The van der Waals surface area contributed by atoms with Crippen molar-refractivity contribution in [3.05, 3.63) is 29.8 Å². The molecule has 0 bridgehead atoms. The molecule has 0 aromatic heterocycles. The van der Waals surface area contributed by atoms with E-state index in [4.69, 9.17) is 9.88 Å². The standard InChI is InChI=1S/C14H23N3O4S/c1-10(9-21-4)16-14(18)17(3)11(2)12-5-7-13(8-6-12)22(15,19)20/h5-8,10-11H,9H2,1-4H3,(H,16,18)(H2,15,19,20)/t10-,11+/m0/s1. The maximum absolute atomic E-state index is 12.1. The molecule has 124 valence electrons. The summed E-state index contributed by atoms with van der Waals surface area (Å²) in [5.74, 6) is 0. The molecule has 0 unspecified atom stereocenters. The zero-order valence-corrected chi connectivity index (χ0v) is 14.1. The summed E-state index contributed by atoms with van der Waals surface area (Å²) in [4.78, 5) is 13.7. The maximum Gasteiger partial charge on any atom is 0.317 e. The molecular weight excluding hydrogens is 306 g/mol. The minimum Gasteiger partial charge on any atom is -0.383 e. The van der Waals surface area contributed by atoms with Crippen LogP contribution in [0.2, 0.25) is 0 Å². The van der Waals surface area contributed by atoms with Gasteiger partial charge in [0.15, 0.2) is 0 Å². The number of hydrogen-bond acceptors (Lipinski definition) is 4. The van der Waals surface area contributed by atoms with Crippen molar-refractivity contribution in [3.63, 3.8) is 0 Å². The molecule has 7 nitrogen and oxygen atoms in total. The van der Waals surface area contributed by atoms with Gasteiger partial charge < -0.3 is 15.0 Å². The summed E-state index contributed by atoms with van der Waals surface area (Å²) in [6.07, 6.45) is 0. The largest absolute Gasteiger partial charge is 0.383 e. The van der Waals surface area contributed by atoms with Gasteiger partial charge in [0.1, 0.15) is 0 Å². The zero-order valence-electron chi connectivity index (χ0n) is 13.2. The van der Waals surface area contributed by atoms with Gasteiger partial charge in [0.25, 0.3) is 0 Å². The first-order chi connectivity index (χ1) is 10.2. The average Bonchev–Trinajstić information content (AvgIpc) is 2.45. The van der Waals surface area contributed by atoms with Gasteiger partial charge in [0.05, 0.1) is 23.6 Å². The predicted molar refractivity (Wildman–Crippen MR) is 83.9 cm³/mol. The molecule has 1 aromatic carbocycles. The summed E-state index contributed by atoms with van der Waals surface area (Å²) in [5, 5.41) is 7.87. The Kier molecular flexibility index (Phi) is 6.34. The summed E-state index contributed by atoms with van der Waals surface area (Å²) >= 11 is 0. The van der Waals surface area contributed by atoms with E-state index >= 15 is 0 Å². The molecule has 0 aliphatic rings. The summed E-state index contributed by atoms with van der Waals surface area (Å²) in [5.41, 5.74) is 0.810. The van der Waals surface area contributed by atoms with Crippen molar-refractivity contribution in [2.45, 2.75) is 30.8 Å². The van der Waals surface area contributed by atoms with Crippen LogP contribution in [0.1, 0.15) is 25.5 Å². The lowest BCUT2D eigenvalue weighted by Gasteiger charge is -2.27.